The molecule has 100 valence electrons. The van der Waals surface area contributed by atoms with Crippen LogP contribution in [0.25, 0.3) is 11.3 Å². The lowest BCUT2D eigenvalue weighted by molar-refractivity contribution is 0.415. The molecule has 3 rings (SSSR count). The van der Waals surface area contributed by atoms with Crippen molar-refractivity contribution in [3.8, 4) is 17.0 Å². The Kier molecular flexibility index (Phi) is 3.37. The lowest BCUT2D eigenvalue weighted by atomic mass is 10.1. The maximum atomic E-state index is 5.15. The van der Waals surface area contributed by atoms with Gasteiger partial charge in [-0.2, -0.15) is 5.10 Å². The molecule has 4 nitrogen and oxygen atoms in total. The number of aromatic nitrogens is 2. The molecule has 2 N–H and O–H groups in total. The van der Waals surface area contributed by atoms with E-state index < -0.39 is 0 Å². The van der Waals surface area contributed by atoms with Crippen LogP contribution in [-0.2, 0) is 0 Å². The first-order chi connectivity index (χ1) is 9.85. The number of hydrogen-bond donors (Lipinski definition) is 2. The van der Waals surface area contributed by atoms with Crippen LogP contribution < -0.4 is 10.1 Å². The molecule has 0 unspecified atom stereocenters. The van der Waals surface area contributed by atoms with Gasteiger partial charge in [0.25, 0.3) is 0 Å². The summed E-state index contributed by atoms with van der Waals surface area (Å²) in [4.78, 5) is 0. The Hall–Kier alpha value is -2.75. The molecule has 0 aliphatic heterocycles. The third kappa shape index (κ3) is 2.64. The Labute approximate surface area is 117 Å². The van der Waals surface area contributed by atoms with Crippen molar-refractivity contribution in [2.24, 2.45) is 0 Å². The average Bonchev–Trinajstić information content (AvgIpc) is 2.97. The van der Waals surface area contributed by atoms with Gasteiger partial charge in [-0.05, 0) is 42.0 Å². The van der Waals surface area contributed by atoms with E-state index in [1.165, 1.54) is 0 Å². The minimum atomic E-state index is 0.794. The molecule has 0 spiro atoms. The van der Waals surface area contributed by atoms with Gasteiger partial charge in [0.1, 0.15) is 5.75 Å². The van der Waals surface area contributed by atoms with Crippen LogP contribution in [0.4, 0.5) is 11.5 Å². The lowest BCUT2D eigenvalue weighted by Gasteiger charge is -2.01. The number of methoxy groups -OCH3 is 1. The molecule has 0 saturated heterocycles. The van der Waals surface area contributed by atoms with Gasteiger partial charge in [0.2, 0.25) is 0 Å². The molecular weight excluding hydrogens is 250 g/mol. The molecule has 0 radical (unpaired) electrons. The number of aromatic amines is 1. The van der Waals surface area contributed by atoms with E-state index in [-0.39, 0.29) is 0 Å². The van der Waals surface area contributed by atoms with Gasteiger partial charge >= 0.3 is 0 Å². The topological polar surface area (TPSA) is 49.9 Å². The number of nitrogens with zero attached hydrogens (tertiary/aromatic N) is 1. The van der Waals surface area contributed by atoms with Crippen molar-refractivity contribution in [1.82, 2.24) is 10.2 Å². The first-order valence-corrected chi connectivity index (χ1v) is 6.37. The Morgan fingerprint density at radius 1 is 1.00 bits per heavy atom. The summed E-state index contributed by atoms with van der Waals surface area (Å²) in [6.45, 7) is 0. The van der Waals surface area contributed by atoms with E-state index in [0.29, 0.717) is 0 Å². The Balaban J connectivity index is 1.79. The zero-order valence-electron chi connectivity index (χ0n) is 11.1. The fourth-order valence-corrected chi connectivity index (χ4v) is 1.97. The molecule has 2 aromatic carbocycles. The average molecular weight is 265 g/mol. The third-order valence-corrected chi connectivity index (χ3v) is 3.03. The number of H-pyrrole nitrogens is 1. The van der Waals surface area contributed by atoms with Gasteiger partial charge in [-0.15, -0.1) is 0 Å². The molecule has 0 amide bonds. The third-order valence-electron chi connectivity index (χ3n) is 3.03. The molecule has 0 bridgehead atoms. The number of benzene rings is 2. The van der Waals surface area contributed by atoms with Crippen molar-refractivity contribution < 1.29 is 4.74 Å². The van der Waals surface area contributed by atoms with Crippen LogP contribution in [0.5, 0.6) is 5.75 Å². The smallest absolute Gasteiger partial charge is 0.152 e. The minimum absolute atomic E-state index is 0.794. The van der Waals surface area contributed by atoms with E-state index in [9.17, 15) is 0 Å². The second kappa shape index (κ2) is 5.48. The molecule has 20 heavy (non-hydrogen) atoms. The number of para-hydroxylation sites is 1. The van der Waals surface area contributed by atoms with E-state index in [4.69, 9.17) is 4.74 Å². The van der Waals surface area contributed by atoms with Gasteiger partial charge in [-0.3, -0.25) is 5.10 Å². The molecule has 0 saturated carbocycles. The molecule has 0 aliphatic rings. The number of rotatable bonds is 4. The summed E-state index contributed by atoms with van der Waals surface area (Å²) >= 11 is 0. The van der Waals surface area contributed by atoms with Crippen molar-refractivity contribution in [2.75, 3.05) is 12.4 Å². The summed E-state index contributed by atoms with van der Waals surface area (Å²) in [6, 6.07) is 19.8. The van der Waals surface area contributed by atoms with Crippen LogP contribution in [0.1, 0.15) is 0 Å². The second-order valence-corrected chi connectivity index (χ2v) is 4.39. The molecule has 0 aliphatic carbocycles. The molecule has 0 fully saturated rings. The second-order valence-electron chi connectivity index (χ2n) is 4.39. The largest absolute Gasteiger partial charge is 0.497 e. The summed E-state index contributed by atoms with van der Waals surface area (Å²) in [6.07, 6.45) is 0. The molecular formula is C16H15N3O. The van der Waals surface area contributed by atoms with E-state index in [2.05, 4.69) is 15.5 Å². The van der Waals surface area contributed by atoms with E-state index in [0.717, 1.165) is 28.5 Å². The maximum Gasteiger partial charge on any atom is 0.152 e. The van der Waals surface area contributed by atoms with Crippen molar-refractivity contribution >= 4 is 11.5 Å². The van der Waals surface area contributed by atoms with Gasteiger partial charge < -0.3 is 10.1 Å². The van der Waals surface area contributed by atoms with Crippen LogP contribution in [0.3, 0.4) is 0 Å². The number of nitrogens with one attached hydrogen (secondary N) is 2. The van der Waals surface area contributed by atoms with Crippen molar-refractivity contribution in [3.63, 3.8) is 0 Å². The lowest BCUT2D eigenvalue weighted by Crippen LogP contribution is -1.88. The van der Waals surface area contributed by atoms with Crippen molar-refractivity contribution in [1.29, 1.82) is 0 Å². The quantitative estimate of drug-likeness (QED) is 0.753. The highest BCUT2D eigenvalue weighted by Gasteiger charge is 2.04. The van der Waals surface area contributed by atoms with Gasteiger partial charge in [0, 0.05) is 11.8 Å². The highest BCUT2D eigenvalue weighted by molar-refractivity contribution is 5.66. The molecule has 1 heterocycles. The van der Waals surface area contributed by atoms with E-state index in [1.807, 2.05) is 60.7 Å². The molecule has 1 aromatic heterocycles. The zero-order chi connectivity index (χ0) is 13.8. The van der Waals surface area contributed by atoms with Crippen LogP contribution >= 0.6 is 0 Å². The van der Waals surface area contributed by atoms with Gasteiger partial charge in [0.15, 0.2) is 5.82 Å². The Morgan fingerprint density at radius 2 is 1.75 bits per heavy atom. The van der Waals surface area contributed by atoms with Crippen LogP contribution in [0.2, 0.25) is 0 Å². The number of ether oxygens (including phenoxy) is 1. The molecule has 3 aromatic rings. The highest BCUT2D eigenvalue weighted by atomic mass is 16.5. The van der Waals surface area contributed by atoms with Crippen molar-refractivity contribution in [2.45, 2.75) is 0 Å². The number of hydrogen-bond acceptors (Lipinski definition) is 3. The summed E-state index contributed by atoms with van der Waals surface area (Å²) in [7, 11) is 1.66. The van der Waals surface area contributed by atoms with E-state index in [1.54, 1.807) is 7.11 Å². The van der Waals surface area contributed by atoms with Crippen LogP contribution in [0.15, 0.2) is 60.7 Å². The predicted octanol–water partition coefficient (Wildman–Crippen LogP) is 3.83. The van der Waals surface area contributed by atoms with Gasteiger partial charge in [-0.25, -0.2) is 0 Å². The fraction of sp³-hybridized carbons (Fsp3) is 0.0625. The summed E-state index contributed by atoms with van der Waals surface area (Å²) in [5, 5.41) is 10.5. The first-order valence-electron chi connectivity index (χ1n) is 6.37. The zero-order valence-corrected chi connectivity index (χ0v) is 11.1. The number of anilines is 2. The normalized spacial score (nSPS) is 10.2. The van der Waals surface area contributed by atoms with Gasteiger partial charge in [-0.1, -0.05) is 18.2 Å². The predicted molar refractivity (Wildman–Crippen MR) is 80.3 cm³/mol. The molecule has 4 heteroatoms. The summed E-state index contributed by atoms with van der Waals surface area (Å²) < 4.78 is 5.15. The Morgan fingerprint density at radius 3 is 2.45 bits per heavy atom. The highest BCUT2D eigenvalue weighted by Crippen LogP contribution is 2.23. The Bertz CT molecular complexity index is 674. The summed E-state index contributed by atoms with van der Waals surface area (Å²) in [5.74, 6) is 1.64. The monoisotopic (exact) mass is 265 g/mol. The SMILES string of the molecule is COc1ccc(-c2cc(Nc3ccccc3)n[nH]2)cc1. The van der Waals surface area contributed by atoms with E-state index >= 15 is 0 Å². The van der Waals surface area contributed by atoms with Crippen molar-refractivity contribution in [3.05, 3.63) is 60.7 Å². The maximum absolute atomic E-state index is 5.15. The summed E-state index contributed by atoms with van der Waals surface area (Å²) in [5.41, 5.74) is 3.05. The van der Waals surface area contributed by atoms with Gasteiger partial charge in [0.05, 0.1) is 12.8 Å². The standard InChI is InChI=1S/C16H15N3O/c1-20-14-9-7-12(8-10-14)15-11-16(19-18-15)17-13-5-3-2-4-6-13/h2-11H,1H3,(H2,17,18,19). The van der Waals surface area contributed by atoms with Crippen LogP contribution in [-0.4, -0.2) is 17.3 Å². The minimum Gasteiger partial charge on any atom is -0.497 e. The van der Waals surface area contributed by atoms with Crippen LogP contribution in [0, 0.1) is 0 Å². The fourth-order valence-electron chi connectivity index (χ4n) is 1.97. The molecule has 0 atom stereocenters. The first kappa shape index (κ1) is 12.3.